The maximum atomic E-state index is 11.9. The second-order valence-electron chi connectivity index (χ2n) is 4.65. The van der Waals surface area contributed by atoms with E-state index < -0.39 is 34.7 Å². The van der Waals surface area contributed by atoms with Crippen LogP contribution in [0.1, 0.15) is 26.7 Å². The molecule has 1 aromatic carbocycles. The van der Waals surface area contributed by atoms with Crippen LogP contribution in [0.4, 0.5) is 5.69 Å². The standard InChI is InChI=1S/C14H20N4O5S/c1-3-18(4-2)17-15-11-5-7-12(8-6-11)24(22,23)16-13(19)9-10-14(20)21/h5-8H,3-4,9-10H2,1-2H3,(H,16,19)(H,20,21)/p-2. The molecular weight excluding hydrogens is 336 g/mol. The van der Waals surface area contributed by atoms with Gasteiger partial charge in [-0.05, 0) is 56.9 Å². The van der Waals surface area contributed by atoms with Gasteiger partial charge in [0, 0.05) is 19.1 Å². The third kappa shape index (κ3) is 6.32. The third-order valence-corrected chi connectivity index (χ3v) is 4.23. The third-order valence-electron chi connectivity index (χ3n) is 2.92. The minimum absolute atomic E-state index is 0.189. The zero-order valence-corrected chi connectivity index (χ0v) is 14.2. The zero-order chi connectivity index (χ0) is 18.2. The van der Waals surface area contributed by atoms with E-state index in [0.29, 0.717) is 18.8 Å². The summed E-state index contributed by atoms with van der Waals surface area (Å²) in [6, 6.07) is 5.37. The second kappa shape index (κ2) is 8.96. The summed E-state index contributed by atoms with van der Waals surface area (Å²) in [6.07, 6.45) is -1.11. The maximum Gasteiger partial charge on any atom is 0.281 e. The highest BCUT2D eigenvalue weighted by Crippen LogP contribution is 2.19. The van der Waals surface area contributed by atoms with Gasteiger partial charge < -0.3 is 15.0 Å². The van der Waals surface area contributed by atoms with E-state index in [9.17, 15) is 23.4 Å². The number of carbonyl (C=O) groups is 1. The number of carboxylic acids is 1. The Morgan fingerprint density at radius 2 is 1.67 bits per heavy atom. The Morgan fingerprint density at radius 1 is 1.08 bits per heavy atom. The minimum Gasteiger partial charge on any atom is -0.861 e. The largest absolute Gasteiger partial charge is 0.861 e. The van der Waals surface area contributed by atoms with Gasteiger partial charge in [-0.15, -0.1) is 5.11 Å². The maximum absolute atomic E-state index is 11.9. The fourth-order valence-corrected chi connectivity index (χ4v) is 2.54. The summed E-state index contributed by atoms with van der Waals surface area (Å²) in [4.78, 5) is 10.1. The number of benzene rings is 1. The van der Waals surface area contributed by atoms with Gasteiger partial charge in [-0.1, -0.05) is 5.22 Å². The summed E-state index contributed by atoms with van der Waals surface area (Å²) in [5.41, 5.74) is 0.448. The van der Waals surface area contributed by atoms with E-state index in [0.717, 1.165) is 0 Å². The first kappa shape index (κ1) is 19.6. The molecular formula is C14H18N4O5S-2. The highest BCUT2D eigenvalue weighted by Gasteiger charge is 2.12. The number of hydrogen-bond acceptors (Lipinski definition) is 7. The van der Waals surface area contributed by atoms with Gasteiger partial charge >= 0.3 is 0 Å². The number of hydrogen-bond donors (Lipinski definition) is 0. The van der Waals surface area contributed by atoms with E-state index in [4.69, 9.17) is 0 Å². The fourth-order valence-electron chi connectivity index (χ4n) is 1.59. The molecule has 0 spiro atoms. The molecule has 9 nitrogen and oxygen atoms in total. The topological polar surface area (TPSA) is 138 Å². The highest BCUT2D eigenvalue weighted by atomic mass is 32.2. The first-order chi connectivity index (χ1) is 11.3. The van der Waals surface area contributed by atoms with Crippen LogP contribution in [-0.4, -0.2) is 38.4 Å². The molecule has 0 unspecified atom stereocenters. The molecule has 0 aromatic heterocycles. The van der Waals surface area contributed by atoms with Gasteiger partial charge in [0.1, 0.15) is 0 Å². The Kier molecular flexibility index (Phi) is 7.31. The summed E-state index contributed by atoms with van der Waals surface area (Å²) in [5, 5.41) is 31.3. The van der Waals surface area contributed by atoms with E-state index in [1.165, 1.54) is 24.3 Å². The van der Waals surface area contributed by atoms with Gasteiger partial charge in [-0.3, -0.25) is 5.01 Å². The van der Waals surface area contributed by atoms with Crippen LogP contribution in [-0.2, 0) is 14.8 Å². The number of carbonyl (C=O) groups excluding carboxylic acids is 1. The van der Waals surface area contributed by atoms with Crippen LogP contribution >= 0.6 is 0 Å². The lowest BCUT2D eigenvalue weighted by atomic mass is 10.3. The van der Waals surface area contributed by atoms with E-state index in [2.05, 4.69) is 14.7 Å². The van der Waals surface area contributed by atoms with E-state index in [1.807, 2.05) is 13.8 Å². The first-order valence-electron chi connectivity index (χ1n) is 7.25. The molecule has 0 aliphatic carbocycles. The van der Waals surface area contributed by atoms with Crippen molar-refractivity contribution in [1.29, 1.82) is 0 Å². The van der Waals surface area contributed by atoms with Crippen molar-refractivity contribution >= 4 is 27.6 Å². The van der Waals surface area contributed by atoms with Crippen molar-refractivity contribution in [3.63, 3.8) is 0 Å². The summed E-state index contributed by atoms with van der Waals surface area (Å²) < 4.78 is 27.0. The molecule has 24 heavy (non-hydrogen) atoms. The predicted molar refractivity (Wildman–Crippen MR) is 82.7 cm³/mol. The van der Waals surface area contributed by atoms with Crippen molar-refractivity contribution in [2.75, 3.05) is 13.1 Å². The smallest absolute Gasteiger partial charge is 0.281 e. The van der Waals surface area contributed by atoms with Crippen molar-refractivity contribution in [2.24, 2.45) is 14.7 Å². The van der Waals surface area contributed by atoms with Crippen molar-refractivity contribution < 1.29 is 23.4 Å². The van der Waals surface area contributed by atoms with Gasteiger partial charge in [0.15, 0.2) is 0 Å². The molecule has 10 heteroatoms. The Morgan fingerprint density at radius 3 is 2.17 bits per heavy atom. The Hall–Kier alpha value is -2.49. The van der Waals surface area contributed by atoms with Crippen LogP contribution in [0.3, 0.4) is 0 Å². The molecule has 0 aliphatic rings. The number of aliphatic carboxylic acids is 1. The molecule has 132 valence electrons. The molecule has 0 radical (unpaired) electrons. The fraction of sp³-hybridized carbons (Fsp3) is 0.429. The molecule has 0 fully saturated rings. The van der Waals surface area contributed by atoms with Gasteiger partial charge in [0.05, 0.1) is 10.6 Å². The lowest BCUT2D eigenvalue weighted by Crippen LogP contribution is -2.26. The Bertz CT molecular complexity index is 709. The summed E-state index contributed by atoms with van der Waals surface area (Å²) in [6.45, 7) is 5.24. The average Bonchev–Trinajstić information content (AvgIpc) is 2.54. The van der Waals surface area contributed by atoms with Gasteiger partial charge in [0.2, 0.25) is 0 Å². The molecule has 1 aromatic rings. The van der Waals surface area contributed by atoms with Crippen molar-refractivity contribution in [2.45, 2.75) is 31.6 Å². The molecule has 0 bridgehead atoms. The SMILES string of the molecule is CCN(CC)N=Nc1ccc(S(=O)(=O)N=C([O-])CCC(=O)[O-])cc1. The Balaban J connectivity index is 2.87. The number of rotatable bonds is 9. The molecule has 0 aliphatic heterocycles. The van der Waals surface area contributed by atoms with Crippen molar-refractivity contribution in [3.05, 3.63) is 24.3 Å². The van der Waals surface area contributed by atoms with Crippen LogP contribution in [0.25, 0.3) is 0 Å². The van der Waals surface area contributed by atoms with E-state index in [1.54, 1.807) is 5.01 Å². The second-order valence-corrected chi connectivity index (χ2v) is 6.26. The Labute approximate surface area is 140 Å². The number of sulfonamides is 1. The van der Waals surface area contributed by atoms with Crippen LogP contribution in [0.2, 0.25) is 0 Å². The van der Waals surface area contributed by atoms with Crippen LogP contribution in [0, 0.1) is 0 Å². The molecule has 0 heterocycles. The highest BCUT2D eigenvalue weighted by molar-refractivity contribution is 7.90. The van der Waals surface area contributed by atoms with Gasteiger partial charge in [-0.25, -0.2) is 0 Å². The van der Waals surface area contributed by atoms with E-state index in [-0.39, 0.29) is 4.90 Å². The van der Waals surface area contributed by atoms with Crippen molar-refractivity contribution in [1.82, 2.24) is 5.01 Å². The zero-order valence-electron chi connectivity index (χ0n) is 13.4. The lowest BCUT2D eigenvalue weighted by molar-refractivity contribution is -0.306. The average molecular weight is 354 g/mol. The quantitative estimate of drug-likeness (QED) is 0.265. The monoisotopic (exact) mass is 354 g/mol. The van der Waals surface area contributed by atoms with Gasteiger partial charge in [0.25, 0.3) is 10.0 Å². The first-order valence-corrected chi connectivity index (χ1v) is 8.69. The summed E-state index contributed by atoms with van der Waals surface area (Å²) in [5.74, 6) is -2.48. The predicted octanol–water partition coefficient (Wildman–Crippen LogP) is 0.00470. The number of carboxylic acid groups (broad SMARTS) is 1. The van der Waals surface area contributed by atoms with E-state index >= 15 is 0 Å². The molecule has 0 saturated carbocycles. The van der Waals surface area contributed by atoms with Gasteiger partial charge in [-0.2, -0.15) is 12.8 Å². The molecule has 1 rings (SSSR count). The van der Waals surface area contributed by atoms with Crippen LogP contribution in [0.5, 0.6) is 0 Å². The number of nitrogens with zero attached hydrogens (tertiary/aromatic N) is 4. The molecule has 0 atom stereocenters. The lowest BCUT2D eigenvalue weighted by Gasteiger charge is -2.11. The minimum atomic E-state index is -4.19. The summed E-state index contributed by atoms with van der Waals surface area (Å²) in [7, 11) is -4.19. The summed E-state index contributed by atoms with van der Waals surface area (Å²) >= 11 is 0. The molecule has 0 amide bonds. The molecule has 0 N–H and O–H groups in total. The van der Waals surface area contributed by atoms with Crippen LogP contribution < -0.4 is 10.2 Å². The van der Waals surface area contributed by atoms with Crippen molar-refractivity contribution in [3.8, 4) is 0 Å². The van der Waals surface area contributed by atoms with Crippen LogP contribution in [0.15, 0.2) is 43.9 Å². The molecule has 0 saturated heterocycles. The normalized spacial score (nSPS) is 12.5.